The summed E-state index contributed by atoms with van der Waals surface area (Å²) in [5.41, 5.74) is 4.47. The SMILES string of the molecule is C=C(C)c1ccccc1N(C)CCCCCc1cc(COCCC(=O)OC)on1. The molecule has 0 atom stereocenters. The van der Waals surface area contributed by atoms with Crippen LogP contribution >= 0.6 is 0 Å². The third-order valence-corrected chi connectivity index (χ3v) is 4.73. The summed E-state index contributed by atoms with van der Waals surface area (Å²) in [5.74, 6) is 0.401. The Morgan fingerprint density at radius 2 is 2.03 bits per heavy atom. The number of para-hydroxylation sites is 1. The van der Waals surface area contributed by atoms with Crippen molar-refractivity contribution < 1.29 is 18.8 Å². The van der Waals surface area contributed by atoms with E-state index < -0.39 is 0 Å². The van der Waals surface area contributed by atoms with Gasteiger partial charge in [0.1, 0.15) is 6.61 Å². The maximum atomic E-state index is 11.0. The lowest BCUT2D eigenvalue weighted by atomic mass is 10.1. The number of nitrogens with zero attached hydrogens (tertiary/aromatic N) is 2. The molecule has 0 aliphatic rings. The molecule has 6 nitrogen and oxygen atoms in total. The van der Waals surface area contributed by atoms with Crippen LogP contribution in [0.5, 0.6) is 0 Å². The standard InChI is InChI=1S/C23H32N2O4/c1-18(2)21-11-7-8-12-22(21)25(3)14-9-5-6-10-19-16-20(29-24-19)17-28-15-13-23(26)27-4/h7-8,11-12,16H,1,5-6,9-10,13-15,17H2,2-4H3. The lowest BCUT2D eigenvalue weighted by Gasteiger charge is -2.22. The lowest BCUT2D eigenvalue weighted by molar-refractivity contribution is -0.142. The van der Waals surface area contributed by atoms with Crippen LogP contribution in [0.2, 0.25) is 0 Å². The van der Waals surface area contributed by atoms with Gasteiger partial charge in [-0.15, -0.1) is 0 Å². The van der Waals surface area contributed by atoms with Gasteiger partial charge in [0.15, 0.2) is 5.76 Å². The Morgan fingerprint density at radius 1 is 1.24 bits per heavy atom. The fourth-order valence-corrected chi connectivity index (χ4v) is 3.09. The summed E-state index contributed by atoms with van der Waals surface area (Å²) in [6.07, 6.45) is 4.42. The lowest BCUT2D eigenvalue weighted by Crippen LogP contribution is -2.19. The largest absolute Gasteiger partial charge is 0.469 e. The Kier molecular flexibility index (Phi) is 9.44. The van der Waals surface area contributed by atoms with Crippen LogP contribution in [0, 0.1) is 0 Å². The first-order chi connectivity index (χ1) is 14.0. The van der Waals surface area contributed by atoms with E-state index in [1.165, 1.54) is 18.4 Å². The molecule has 29 heavy (non-hydrogen) atoms. The summed E-state index contributed by atoms with van der Waals surface area (Å²) in [6.45, 7) is 7.75. The zero-order chi connectivity index (χ0) is 21.1. The fourth-order valence-electron chi connectivity index (χ4n) is 3.09. The van der Waals surface area contributed by atoms with E-state index in [-0.39, 0.29) is 12.4 Å². The molecule has 0 N–H and O–H groups in total. The number of aryl methyl sites for hydroxylation is 1. The molecule has 0 aliphatic carbocycles. The van der Waals surface area contributed by atoms with Crippen molar-refractivity contribution in [3.8, 4) is 0 Å². The highest BCUT2D eigenvalue weighted by Crippen LogP contribution is 2.25. The van der Waals surface area contributed by atoms with Crippen molar-refractivity contribution in [1.82, 2.24) is 5.16 Å². The van der Waals surface area contributed by atoms with Crippen LogP contribution in [0.3, 0.4) is 0 Å². The molecule has 1 heterocycles. The van der Waals surface area contributed by atoms with Crippen molar-refractivity contribution >= 4 is 17.2 Å². The van der Waals surface area contributed by atoms with E-state index in [4.69, 9.17) is 9.26 Å². The van der Waals surface area contributed by atoms with Crippen LogP contribution in [0.15, 0.2) is 41.4 Å². The van der Waals surface area contributed by atoms with Crippen molar-refractivity contribution in [1.29, 1.82) is 0 Å². The molecule has 1 aromatic carbocycles. The summed E-state index contributed by atoms with van der Waals surface area (Å²) in [7, 11) is 3.50. The van der Waals surface area contributed by atoms with Crippen LogP contribution in [0.25, 0.3) is 5.57 Å². The molecule has 0 aliphatic heterocycles. The molecule has 0 saturated carbocycles. The monoisotopic (exact) mass is 400 g/mol. The van der Waals surface area contributed by atoms with Gasteiger partial charge in [-0.05, 0) is 37.8 Å². The van der Waals surface area contributed by atoms with Gasteiger partial charge < -0.3 is 18.9 Å². The molecule has 2 rings (SSSR count). The molecule has 1 aromatic heterocycles. The van der Waals surface area contributed by atoms with Crippen LogP contribution < -0.4 is 4.90 Å². The van der Waals surface area contributed by atoms with E-state index in [1.807, 2.05) is 13.0 Å². The number of unbranched alkanes of at least 4 members (excludes halogenated alkanes) is 2. The normalized spacial score (nSPS) is 10.7. The third kappa shape index (κ3) is 7.74. The van der Waals surface area contributed by atoms with E-state index in [9.17, 15) is 4.79 Å². The van der Waals surface area contributed by atoms with Crippen molar-refractivity contribution in [3.05, 3.63) is 53.9 Å². The first-order valence-electron chi connectivity index (χ1n) is 10.1. The number of aromatic nitrogens is 1. The van der Waals surface area contributed by atoms with E-state index in [1.54, 1.807) is 0 Å². The van der Waals surface area contributed by atoms with E-state index in [2.05, 4.69) is 52.7 Å². The van der Waals surface area contributed by atoms with Crippen molar-refractivity contribution in [2.75, 3.05) is 32.2 Å². The molecule has 2 aromatic rings. The van der Waals surface area contributed by atoms with Gasteiger partial charge in [-0.25, -0.2) is 0 Å². The number of hydrogen-bond donors (Lipinski definition) is 0. The Morgan fingerprint density at radius 3 is 2.79 bits per heavy atom. The summed E-state index contributed by atoms with van der Waals surface area (Å²) in [5, 5.41) is 4.09. The first-order valence-corrected chi connectivity index (χ1v) is 10.1. The Balaban J connectivity index is 1.64. The number of allylic oxidation sites excluding steroid dienone is 1. The number of benzene rings is 1. The van der Waals surface area contributed by atoms with Crippen LogP contribution in [0.4, 0.5) is 5.69 Å². The van der Waals surface area contributed by atoms with Crippen molar-refractivity contribution in [2.45, 2.75) is 45.6 Å². The Hall–Kier alpha value is -2.60. The highest BCUT2D eigenvalue weighted by atomic mass is 16.5. The number of ether oxygens (including phenoxy) is 2. The second-order valence-electron chi connectivity index (χ2n) is 7.19. The second-order valence-corrected chi connectivity index (χ2v) is 7.19. The number of hydrogen-bond acceptors (Lipinski definition) is 6. The van der Waals surface area contributed by atoms with Gasteiger partial charge in [-0.3, -0.25) is 4.79 Å². The molecular formula is C23H32N2O4. The molecular weight excluding hydrogens is 368 g/mol. The predicted octanol–water partition coefficient (Wildman–Crippen LogP) is 4.64. The maximum Gasteiger partial charge on any atom is 0.307 e. The third-order valence-electron chi connectivity index (χ3n) is 4.73. The van der Waals surface area contributed by atoms with Crippen molar-refractivity contribution in [2.24, 2.45) is 0 Å². The van der Waals surface area contributed by atoms with Crippen LogP contribution in [-0.2, 0) is 27.3 Å². The van der Waals surface area contributed by atoms with Gasteiger partial charge in [-0.2, -0.15) is 0 Å². The second kappa shape index (κ2) is 12.1. The van der Waals surface area contributed by atoms with E-state index in [0.29, 0.717) is 19.0 Å². The maximum absolute atomic E-state index is 11.0. The molecule has 0 amide bonds. The zero-order valence-electron chi connectivity index (χ0n) is 17.8. The number of carbonyl (C=O) groups excluding carboxylic acids is 1. The molecule has 0 bridgehead atoms. The smallest absolute Gasteiger partial charge is 0.307 e. The fraction of sp³-hybridized carbons (Fsp3) is 0.478. The van der Waals surface area contributed by atoms with Gasteiger partial charge in [0.05, 0.1) is 25.8 Å². The minimum atomic E-state index is -0.281. The average molecular weight is 401 g/mol. The van der Waals surface area contributed by atoms with E-state index in [0.717, 1.165) is 43.5 Å². The first kappa shape index (κ1) is 22.7. The minimum absolute atomic E-state index is 0.239. The van der Waals surface area contributed by atoms with Gasteiger partial charge in [0.2, 0.25) is 0 Å². The summed E-state index contributed by atoms with van der Waals surface area (Å²) in [4.78, 5) is 13.3. The number of anilines is 1. The molecule has 0 saturated heterocycles. The molecule has 158 valence electrons. The van der Waals surface area contributed by atoms with Gasteiger partial charge in [-0.1, -0.05) is 36.4 Å². The highest BCUT2D eigenvalue weighted by molar-refractivity contribution is 5.74. The number of rotatable bonds is 13. The topological polar surface area (TPSA) is 64.8 Å². The van der Waals surface area contributed by atoms with E-state index >= 15 is 0 Å². The molecule has 0 fully saturated rings. The predicted molar refractivity (Wildman–Crippen MR) is 115 cm³/mol. The zero-order valence-corrected chi connectivity index (χ0v) is 17.8. The summed E-state index contributed by atoms with van der Waals surface area (Å²) in [6, 6.07) is 10.3. The van der Waals surface area contributed by atoms with Gasteiger partial charge in [0.25, 0.3) is 0 Å². The Labute approximate surface area is 173 Å². The van der Waals surface area contributed by atoms with Crippen molar-refractivity contribution in [3.63, 3.8) is 0 Å². The van der Waals surface area contributed by atoms with Gasteiger partial charge >= 0.3 is 5.97 Å². The molecule has 0 unspecified atom stereocenters. The number of carbonyl (C=O) groups is 1. The molecule has 0 spiro atoms. The highest BCUT2D eigenvalue weighted by Gasteiger charge is 2.08. The van der Waals surface area contributed by atoms with Crippen LogP contribution in [0.1, 0.15) is 49.6 Å². The average Bonchev–Trinajstić information content (AvgIpc) is 3.18. The summed E-state index contributed by atoms with van der Waals surface area (Å²) >= 11 is 0. The minimum Gasteiger partial charge on any atom is -0.469 e. The number of esters is 1. The number of methoxy groups -OCH3 is 1. The molecule has 0 radical (unpaired) electrons. The molecule has 6 heteroatoms. The van der Waals surface area contributed by atoms with Gasteiger partial charge in [0, 0.05) is 30.9 Å². The summed E-state index contributed by atoms with van der Waals surface area (Å²) < 4.78 is 15.2. The van der Waals surface area contributed by atoms with Crippen LogP contribution in [-0.4, -0.2) is 38.4 Å². The Bertz CT molecular complexity index is 785. The quantitative estimate of drug-likeness (QED) is 0.361.